The predicted octanol–water partition coefficient (Wildman–Crippen LogP) is 4.21. The molecule has 3 aromatic rings. The molecule has 2 aromatic carbocycles. The van der Waals surface area contributed by atoms with E-state index in [1.807, 2.05) is 31.2 Å². The number of rotatable bonds is 9. The second-order valence-corrected chi connectivity index (χ2v) is 8.62. The van der Waals surface area contributed by atoms with Gasteiger partial charge in [-0.25, -0.2) is 13.1 Å². The molecule has 0 unspecified atom stereocenters. The number of ether oxygens (including phenoxy) is 2. The minimum atomic E-state index is -3.72. The van der Waals surface area contributed by atoms with Crippen LogP contribution in [-0.4, -0.2) is 38.4 Å². The van der Waals surface area contributed by atoms with Gasteiger partial charge in [-0.15, -0.1) is 10.2 Å². The molecule has 0 atom stereocenters. The van der Waals surface area contributed by atoms with Crippen LogP contribution in [-0.2, 0) is 10.0 Å². The lowest BCUT2D eigenvalue weighted by atomic mass is 10.1. The minimum Gasteiger partial charge on any atom is -0.494 e. The smallest absolute Gasteiger partial charge is 0.240 e. The largest absolute Gasteiger partial charge is 0.494 e. The van der Waals surface area contributed by atoms with Crippen LogP contribution < -0.4 is 14.2 Å². The third-order valence-corrected chi connectivity index (χ3v) is 6.14. The number of hydrogen-bond donors (Lipinski definition) is 1. The summed E-state index contributed by atoms with van der Waals surface area (Å²) in [5.41, 5.74) is 1.58. The van der Waals surface area contributed by atoms with Crippen LogP contribution in [0.3, 0.4) is 0 Å². The summed E-state index contributed by atoms with van der Waals surface area (Å²) in [6.45, 7) is 2.66. The highest BCUT2D eigenvalue weighted by Gasteiger charge is 2.15. The van der Waals surface area contributed by atoms with Gasteiger partial charge in [0.1, 0.15) is 12.4 Å². The zero-order valence-electron chi connectivity index (χ0n) is 16.0. The van der Waals surface area contributed by atoms with Crippen molar-refractivity contribution in [2.75, 3.05) is 19.8 Å². The Morgan fingerprint density at radius 1 is 0.933 bits per heavy atom. The van der Waals surface area contributed by atoms with Crippen molar-refractivity contribution in [2.24, 2.45) is 0 Å². The Kier molecular flexibility index (Phi) is 7.49. The first-order valence-corrected chi connectivity index (χ1v) is 11.3. The molecule has 7 nitrogen and oxygen atoms in total. The molecule has 0 aliphatic carbocycles. The Morgan fingerprint density at radius 3 is 2.33 bits per heavy atom. The maximum absolute atomic E-state index is 12.3. The number of benzene rings is 2. The van der Waals surface area contributed by atoms with E-state index in [0.29, 0.717) is 18.2 Å². The van der Waals surface area contributed by atoms with Gasteiger partial charge < -0.3 is 9.47 Å². The Labute approximate surface area is 185 Å². The molecular weight excluding hydrogens is 449 g/mol. The Bertz CT molecular complexity index is 1090. The number of sulfonamides is 1. The third kappa shape index (κ3) is 5.82. The molecule has 30 heavy (non-hydrogen) atoms. The van der Waals surface area contributed by atoms with E-state index >= 15 is 0 Å². The van der Waals surface area contributed by atoms with Crippen LogP contribution in [0.2, 0.25) is 10.0 Å². The summed E-state index contributed by atoms with van der Waals surface area (Å²) >= 11 is 11.7. The molecule has 0 saturated heterocycles. The molecule has 0 spiro atoms. The third-order valence-electron chi connectivity index (χ3n) is 3.95. The number of nitrogens with zero attached hydrogens (tertiary/aromatic N) is 2. The summed E-state index contributed by atoms with van der Waals surface area (Å²) in [7, 11) is -3.72. The van der Waals surface area contributed by atoms with E-state index < -0.39 is 10.0 Å². The average molecular weight is 468 g/mol. The molecule has 1 aromatic heterocycles. The average Bonchev–Trinajstić information content (AvgIpc) is 2.74. The van der Waals surface area contributed by atoms with Crippen molar-refractivity contribution in [3.8, 4) is 22.9 Å². The molecule has 1 N–H and O–H groups in total. The van der Waals surface area contributed by atoms with E-state index in [1.165, 1.54) is 18.2 Å². The van der Waals surface area contributed by atoms with Gasteiger partial charge in [-0.2, -0.15) is 0 Å². The van der Waals surface area contributed by atoms with E-state index in [0.717, 1.165) is 11.3 Å². The topological polar surface area (TPSA) is 90.4 Å². The van der Waals surface area contributed by atoms with Crippen molar-refractivity contribution < 1.29 is 17.9 Å². The van der Waals surface area contributed by atoms with Crippen LogP contribution in [0.5, 0.6) is 11.6 Å². The predicted molar refractivity (Wildman–Crippen MR) is 116 cm³/mol. The quantitative estimate of drug-likeness (QED) is 0.474. The van der Waals surface area contributed by atoms with Crippen molar-refractivity contribution in [3.05, 3.63) is 64.6 Å². The van der Waals surface area contributed by atoms with Gasteiger partial charge in [-0.3, -0.25) is 0 Å². The van der Waals surface area contributed by atoms with Crippen LogP contribution in [0.15, 0.2) is 59.5 Å². The molecule has 0 amide bonds. The van der Waals surface area contributed by atoms with Crippen LogP contribution in [0.1, 0.15) is 6.92 Å². The summed E-state index contributed by atoms with van der Waals surface area (Å²) in [5.74, 6) is 1.08. The Hall–Kier alpha value is -2.39. The fourth-order valence-electron chi connectivity index (χ4n) is 2.50. The summed E-state index contributed by atoms with van der Waals surface area (Å²) in [6.07, 6.45) is 0. The first-order chi connectivity index (χ1) is 14.4. The number of nitrogens with one attached hydrogen (secondary N) is 1. The van der Waals surface area contributed by atoms with E-state index in [9.17, 15) is 8.42 Å². The standard InChI is InChI=1S/C20H19Cl2N3O4S/c1-2-28-15-5-3-14(4-6-15)19-9-10-20(25-24-19)29-12-11-23-30(26,27)16-7-8-17(21)18(22)13-16/h3-10,13,23H,2,11-12H2,1H3. The molecule has 0 aliphatic rings. The highest BCUT2D eigenvalue weighted by molar-refractivity contribution is 7.89. The van der Waals surface area contributed by atoms with Crippen molar-refractivity contribution in [3.63, 3.8) is 0 Å². The van der Waals surface area contributed by atoms with Crippen LogP contribution in [0.4, 0.5) is 0 Å². The number of aromatic nitrogens is 2. The van der Waals surface area contributed by atoms with E-state index in [1.54, 1.807) is 12.1 Å². The fourth-order valence-corrected chi connectivity index (χ4v) is 3.90. The maximum Gasteiger partial charge on any atom is 0.240 e. The van der Waals surface area contributed by atoms with Gasteiger partial charge in [0.2, 0.25) is 15.9 Å². The summed E-state index contributed by atoms with van der Waals surface area (Å²) in [6, 6.07) is 15.1. The fraction of sp³-hybridized carbons (Fsp3) is 0.200. The van der Waals surface area contributed by atoms with E-state index in [4.69, 9.17) is 32.7 Å². The van der Waals surface area contributed by atoms with Crippen molar-refractivity contribution in [1.82, 2.24) is 14.9 Å². The van der Waals surface area contributed by atoms with E-state index in [-0.39, 0.29) is 28.1 Å². The van der Waals surface area contributed by atoms with Crippen LogP contribution in [0, 0.1) is 0 Å². The highest BCUT2D eigenvalue weighted by Crippen LogP contribution is 2.25. The van der Waals surface area contributed by atoms with Crippen LogP contribution >= 0.6 is 23.2 Å². The molecule has 0 radical (unpaired) electrons. The maximum atomic E-state index is 12.3. The number of hydrogen-bond acceptors (Lipinski definition) is 6. The van der Waals surface area contributed by atoms with Crippen molar-refractivity contribution in [2.45, 2.75) is 11.8 Å². The lowest BCUT2D eigenvalue weighted by Crippen LogP contribution is -2.28. The molecule has 0 bridgehead atoms. The van der Waals surface area contributed by atoms with Gasteiger partial charge >= 0.3 is 0 Å². The second-order valence-electron chi connectivity index (χ2n) is 6.04. The molecule has 0 saturated carbocycles. The van der Waals surface area contributed by atoms with Crippen molar-refractivity contribution >= 4 is 33.2 Å². The molecule has 0 fully saturated rings. The molecule has 158 valence electrons. The second kappa shape index (κ2) is 10.1. The SMILES string of the molecule is CCOc1ccc(-c2ccc(OCCNS(=O)(=O)c3ccc(Cl)c(Cl)c3)nn2)cc1. The monoisotopic (exact) mass is 467 g/mol. The normalized spacial score (nSPS) is 11.3. The summed E-state index contributed by atoms with van der Waals surface area (Å²) in [4.78, 5) is 0.0244. The highest BCUT2D eigenvalue weighted by atomic mass is 35.5. The lowest BCUT2D eigenvalue weighted by Gasteiger charge is -2.09. The van der Waals surface area contributed by atoms with Gasteiger partial charge in [-0.1, -0.05) is 23.2 Å². The lowest BCUT2D eigenvalue weighted by molar-refractivity contribution is 0.307. The minimum absolute atomic E-state index is 0.0244. The van der Waals surface area contributed by atoms with Gasteiger partial charge in [-0.05, 0) is 55.5 Å². The molecule has 0 aliphatic heterocycles. The molecule has 3 rings (SSSR count). The van der Waals surface area contributed by atoms with Crippen molar-refractivity contribution in [1.29, 1.82) is 0 Å². The van der Waals surface area contributed by atoms with Gasteiger partial charge in [0, 0.05) is 18.2 Å². The zero-order chi connectivity index (χ0) is 21.6. The van der Waals surface area contributed by atoms with Gasteiger partial charge in [0.15, 0.2) is 0 Å². The van der Waals surface area contributed by atoms with E-state index in [2.05, 4.69) is 14.9 Å². The van der Waals surface area contributed by atoms with Gasteiger partial charge in [0.25, 0.3) is 0 Å². The van der Waals surface area contributed by atoms with Gasteiger partial charge in [0.05, 0.1) is 27.2 Å². The summed E-state index contributed by atoms with van der Waals surface area (Å²) in [5, 5.41) is 8.60. The first-order valence-electron chi connectivity index (χ1n) is 9.03. The number of halogens is 2. The molecular formula is C20H19Cl2N3O4S. The Morgan fingerprint density at radius 2 is 1.70 bits per heavy atom. The zero-order valence-corrected chi connectivity index (χ0v) is 18.3. The van der Waals surface area contributed by atoms with Crippen LogP contribution in [0.25, 0.3) is 11.3 Å². The molecule has 1 heterocycles. The summed E-state index contributed by atoms with van der Waals surface area (Å²) < 4.78 is 37.8. The molecule has 10 heteroatoms. The Balaban J connectivity index is 1.52. The first kappa shape index (κ1) is 22.3.